The van der Waals surface area contributed by atoms with Crippen molar-refractivity contribution >= 4 is 0 Å². The molecule has 16 heavy (non-hydrogen) atoms. The first kappa shape index (κ1) is 9.71. The largest absolute Gasteiger partial charge is 0.324 e. The van der Waals surface area contributed by atoms with Gasteiger partial charge in [0.25, 0.3) is 0 Å². The molecule has 0 saturated heterocycles. The molecule has 1 aromatic heterocycles. The molecule has 0 amide bonds. The topological polar surface area (TPSA) is 4.93 Å². The first-order valence-corrected chi connectivity index (χ1v) is 6.00. The standard InChI is InChI=1S/C15H17N/c1-11-9-12(2)15(16-7-3-4-8-16)10-14(11)13-5-6-13/h3-4,7-10,13H,5-6H2,1-2H3. The van der Waals surface area contributed by atoms with E-state index in [9.17, 15) is 0 Å². The van der Waals surface area contributed by atoms with E-state index in [0.29, 0.717) is 0 Å². The SMILES string of the molecule is Cc1cc(C)c(-n2cccc2)cc1C1CC1. The fourth-order valence-electron chi connectivity index (χ4n) is 2.46. The summed E-state index contributed by atoms with van der Waals surface area (Å²) in [7, 11) is 0. The second kappa shape index (κ2) is 3.51. The molecule has 0 spiro atoms. The summed E-state index contributed by atoms with van der Waals surface area (Å²) >= 11 is 0. The summed E-state index contributed by atoms with van der Waals surface area (Å²) < 4.78 is 2.21. The van der Waals surface area contributed by atoms with Crippen LogP contribution in [0.2, 0.25) is 0 Å². The first-order chi connectivity index (χ1) is 7.75. The van der Waals surface area contributed by atoms with Crippen LogP contribution >= 0.6 is 0 Å². The Balaban J connectivity index is 2.14. The summed E-state index contributed by atoms with van der Waals surface area (Å²) in [5.74, 6) is 0.829. The zero-order chi connectivity index (χ0) is 11.1. The van der Waals surface area contributed by atoms with Crippen LogP contribution in [0.4, 0.5) is 0 Å². The zero-order valence-corrected chi connectivity index (χ0v) is 9.90. The molecule has 0 N–H and O–H groups in total. The Kier molecular flexibility index (Phi) is 2.13. The van der Waals surface area contributed by atoms with Crippen molar-refractivity contribution in [3.8, 4) is 5.69 Å². The van der Waals surface area contributed by atoms with Crippen molar-refractivity contribution in [3.63, 3.8) is 0 Å². The fourth-order valence-corrected chi connectivity index (χ4v) is 2.46. The molecule has 1 nitrogen and oxygen atoms in total. The van der Waals surface area contributed by atoms with E-state index in [4.69, 9.17) is 0 Å². The van der Waals surface area contributed by atoms with E-state index in [-0.39, 0.29) is 0 Å². The Labute approximate surface area is 96.7 Å². The second-order valence-electron chi connectivity index (χ2n) is 4.86. The van der Waals surface area contributed by atoms with E-state index < -0.39 is 0 Å². The summed E-state index contributed by atoms with van der Waals surface area (Å²) in [5, 5.41) is 0. The van der Waals surface area contributed by atoms with Crippen molar-refractivity contribution in [1.82, 2.24) is 4.57 Å². The van der Waals surface area contributed by atoms with Crippen molar-refractivity contribution in [2.24, 2.45) is 0 Å². The summed E-state index contributed by atoms with van der Waals surface area (Å²) in [6.45, 7) is 4.43. The van der Waals surface area contributed by atoms with Gasteiger partial charge in [0, 0.05) is 18.1 Å². The summed E-state index contributed by atoms with van der Waals surface area (Å²) in [6.07, 6.45) is 6.98. The Morgan fingerprint density at radius 1 is 1.00 bits per heavy atom. The zero-order valence-electron chi connectivity index (χ0n) is 9.90. The highest BCUT2D eigenvalue weighted by atomic mass is 14.9. The minimum Gasteiger partial charge on any atom is -0.324 e. The maximum Gasteiger partial charge on any atom is 0.0481 e. The maximum atomic E-state index is 2.38. The van der Waals surface area contributed by atoms with Gasteiger partial charge in [-0.2, -0.15) is 0 Å². The van der Waals surface area contributed by atoms with E-state index in [1.54, 1.807) is 5.56 Å². The number of aryl methyl sites for hydroxylation is 2. The Morgan fingerprint density at radius 2 is 1.69 bits per heavy atom. The molecule has 1 aliphatic carbocycles. The third-order valence-corrected chi connectivity index (χ3v) is 3.48. The minimum atomic E-state index is 0.829. The number of benzene rings is 1. The van der Waals surface area contributed by atoms with Crippen LogP contribution in [-0.2, 0) is 0 Å². The van der Waals surface area contributed by atoms with Crippen LogP contribution in [0.15, 0.2) is 36.7 Å². The van der Waals surface area contributed by atoms with Crippen molar-refractivity contribution in [1.29, 1.82) is 0 Å². The molecule has 1 heteroatoms. The van der Waals surface area contributed by atoms with Gasteiger partial charge in [-0.1, -0.05) is 6.07 Å². The third-order valence-electron chi connectivity index (χ3n) is 3.48. The van der Waals surface area contributed by atoms with Crippen LogP contribution in [-0.4, -0.2) is 4.57 Å². The van der Waals surface area contributed by atoms with E-state index >= 15 is 0 Å². The van der Waals surface area contributed by atoms with Gasteiger partial charge in [-0.15, -0.1) is 0 Å². The summed E-state index contributed by atoms with van der Waals surface area (Å²) in [6, 6.07) is 8.86. The Bertz CT molecular complexity index is 504. The van der Waals surface area contributed by atoms with Crippen molar-refractivity contribution in [2.75, 3.05) is 0 Å². The van der Waals surface area contributed by atoms with Gasteiger partial charge in [-0.25, -0.2) is 0 Å². The third kappa shape index (κ3) is 1.57. The number of nitrogens with zero attached hydrogens (tertiary/aromatic N) is 1. The van der Waals surface area contributed by atoms with Gasteiger partial charge in [0.2, 0.25) is 0 Å². The lowest BCUT2D eigenvalue weighted by atomic mass is 10.00. The smallest absolute Gasteiger partial charge is 0.0481 e. The van der Waals surface area contributed by atoms with E-state index in [1.807, 2.05) is 0 Å². The van der Waals surface area contributed by atoms with Gasteiger partial charge >= 0.3 is 0 Å². The van der Waals surface area contributed by atoms with E-state index in [1.165, 1.54) is 29.7 Å². The number of hydrogen-bond donors (Lipinski definition) is 0. The normalized spacial score (nSPS) is 15.4. The molecule has 1 heterocycles. The highest BCUT2D eigenvalue weighted by Gasteiger charge is 2.25. The van der Waals surface area contributed by atoms with Crippen molar-refractivity contribution in [2.45, 2.75) is 32.6 Å². The number of aromatic nitrogens is 1. The fraction of sp³-hybridized carbons (Fsp3) is 0.333. The van der Waals surface area contributed by atoms with Gasteiger partial charge in [-0.05, 0) is 67.5 Å². The lowest BCUT2D eigenvalue weighted by Crippen LogP contribution is -1.97. The highest BCUT2D eigenvalue weighted by Crippen LogP contribution is 2.42. The van der Waals surface area contributed by atoms with Crippen LogP contribution in [0, 0.1) is 13.8 Å². The average molecular weight is 211 g/mol. The first-order valence-electron chi connectivity index (χ1n) is 6.00. The molecule has 0 radical (unpaired) electrons. The van der Waals surface area contributed by atoms with Gasteiger partial charge in [0.1, 0.15) is 0 Å². The number of rotatable bonds is 2. The van der Waals surface area contributed by atoms with E-state index in [0.717, 1.165) is 5.92 Å². The quantitative estimate of drug-likeness (QED) is 0.708. The van der Waals surface area contributed by atoms with Crippen LogP contribution in [0.3, 0.4) is 0 Å². The van der Waals surface area contributed by atoms with E-state index in [2.05, 4.69) is 55.1 Å². The lowest BCUT2D eigenvalue weighted by molar-refractivity contribution is 1.02. The van der Waals surface area contributed by atoms with Gasteiger partial charge in [0.05, 0.1) is 0 Å². The molecule has 0 bridgehead atoms. The Morgan fingerprint density at radius 3 is 2.31 bits per heavy atom. The lowest BCUT2D eigenvalue weighted by Gasteiger charge is -2.12. The second-order valence-corrected chi connectivity index (χ2v) is 4.86. The predicted octanol–water partition coefficient (Wildman–Crippen LogP) is 3.97. The van der Waals surface area contributed by atoms with Crippen LogP contribution in [0.25, 0.3) is 5.69 Å². The molecular formula is C15H17N. The minimum absolute atomic E-state index is 0.829. The van der Waals surface area contributed by atoms with Gasteiger partial charge < -0.3 is 4.57 Å². The summed E-state index contributed by atoms with van der Waals surface area (Å²) in [5.41, 5.74) is 5.70. The average Bonchev–Trinajstić information content (AvgIpc) is 2.94. The molecule has 3 rings (SSSR count). The van der Waals surface area contributed by atoms with Crippen molar-refractivity contribution in [3.05, 3.63) is 53.3 Å². The van der Waals surface area contributed by atoms with Gasteiger partial charge in [0.15, 0.2) is 0 Å². The molecule has 1 fully saturated rings. The predicted molar refractivity (Wildman–Crippen MR) is 67.2 cm³/mol. The molecule has 82 valence electrons. The molecule has 0 atom stereocenters. The maximum absolute atomic E-state index is 2.38. The van der Waals surface area contributed by atoms with Gasteiger partial charge in [-0.3, -0.25) is 0 Å². The molecule has 1 saturated carbocycles. The van der Waals surface area contributed by atoms with Crippen LogP contribution < -0.4 is 0 Å². The monoisotopic (exact) mass is 211 g/mol. The highest BCUT2D eigenvalue weighted by molar-refractivity contribution is 5.49. The summed E-state index contributed by atoms with van der Waals surface area (Å²) in [4.78, 5) is 0. The van der Waals surface area contributed by atoms with Crippen LogP contribution in [0.5, 0.6) is 0 Å². The molecule has 0 aliphatic heterocycles. The molecule has 1 aliphatic rings. The Hall–Kier alpha value is -1.50. The molecule has 0 unspecified atom stereocenters. The van der Waals surface area contributed by atoms with Crippen molar-refractivity contribution < 1.29 is 0 Å². The number of hydrogen-bond acceptors (Lipinski definition) is 0. The molecular weight excluding hydrogens is 194 g/mol. The van der Waals surface area contributed by atoms with Crippen LogP contribution in [0.1, 0.15) is 35.4 Å². The molecule has 2 aromatic rings. The molecule has 1 aromatic carbocycles.